The van der Waals surface area contributed by atoms with Gasteiger partial charge in [0, 0.05) is 50.8 Å². The van der Waals surface area contributed by atoms with E-state index < -0.39 is 0 Å². The molecule has 1 fully saturated rings. The normalized spacial score (nSPS) is 15.5. The van der Waals surface area contributed by atoms with Gasteiger partial charge in [-0.1, -0.05) is 0 Å². The number of likely N-dealkylation sites (tertiary alicyclic amines) is 1. The molecule has 128 valence electrons. The van der Waals surface area contributed by atoms with Crippen molar-refractivity contribution >= 4 is 17.2 Å². The molecular weight excluding hydrogens is 328 g/mol. The van der Waals surface area contributed by atoms with Gasteiger partial charge < -0.3 is 14.4 Å². The molecule has 2 aromatic rings. The number of nitrogens with zero attached hydrogens (tertiary/aromatic N) is 4. The zero-order valence-electron chi connectivity index (χ0n) is 13.8. The van der Waals surface area contributed by atoms with Crippen LogP contribution in [0.15, 0.2) is 17.8 Å². The van der Waals surface area contributed by atoms with E-state index in [0.29, 0.717) is 31.4 Å². The Bertz CT molecular complexity index is 681. The van der Waals surface area contributed by atoms with Crippen molar-refractivity contribution in [1.82, 2.24) is 19.9 Å². The maximum atomic E-state index is 12.5. The summed E-state index contributed by atoms with van der Waals surface area (Å²) in [5, 5.41) is 2.61. The summed E-state index contributed by atoms with van der Waals surface area (Å²) in [7, 11) is 1.62. The highest BCUT2D eigenvalue weighted by Crippen LogP contribution is 2.19. The third-order valence-corrected chi connectivity index (χ3v) is 4.62. The van der Waals surface area contributed by atoms with E-state index in [1.165, 1.54) is 11.3 Å². The third-order valence-electron chi connectivity index (χ3n) is 3.80. The van der Waals surface area contributed by atoms with Gasteiger partial charge in [0.25, 0.3) is 5.91 Å². The van der Waals surface area contributed by atoms with Crippen molar-refractivity contribution < 1.29 is 14.3 Å². The van der Waals surface area contributed by atoms with Gasteiger partial charge >= 0.3 is 6.01 Å². The van der Waals surface area contributed by atoms with Gasteiger partial charge in [-0.15, -0.1) is 11.3 Å². The molecule has 7 nitrogen and oxygen atoms in total. The Morgan fingerprint density at radius 2 is 2.04 bits per heavy atom. The Morgan fingerprint density at radius 3 is 2.71 bits per heavy atom. The van der Waals surface area contributed by atoms with Gasteiger partial charge in [0.1, 0.15) is 16.8 Å². The molecule has 24 heavy (non-hydrogen) atoms. The van der Waals surface area contributed by atoms with E-state index in [2.05, 4.69) is 15.0 Å². The highest BCUT2D eigenvalue weighted by molar-refractivity contribution is 7.09. The number of amides is 1. The number of carbonyl (C=O) groups excluding carboxylic acids is 1. The second kappa shape index (κ2) is 7.67. The van der Waals surface area contributed by atoms with Crippen molar-refractivity contribution in [3.63, 3.8) is 0 Å². The van der Waals surface area contributed by atoms with Crippen LogP contribution in [0.1, 0.15) is 33.9 Å². The number of carbonyl (C=O) groups is 1. The van der Waals surface area contributed by atoms with Crippen molar-refractivity contribution in [1.29, 1.82) is 0 Å². The highest BCUT2D eigenvalue weighted by Gasteiger charge is 2.26. The summed E-state index contributed by atoms with van der Waals surface area (Å²) in [5.41, 5.74) is 1.49. The van der Waals surface area contributed by atoms with E-state index in [0.717, 1.165) is 23.4 Å². The van der Waals surface area contributed by atoms with Crippen LogP contribution in [0.3, 0.4) is 0 Å². The lowest BCUT2D eigenvalue weighted by molar-refractivity contribution is 0.0573. The second-order valence-electron chi connectivity index (χ2n) is 5.71. The molecule has 0 unspecified atom stereocenters. The zero-order valence-corrected chi connectivity index (χ0v) is 14.6. The Morgan fingerprint density at radius 1 is 1.33 bits per heavy atom. The minimum Gasteiger partial charge on any atom is -0.460 e. The number of hydrogen-bond donors (Lipinski definition) is 0. The van der Waals surface area contributed by atoms with Crippen LogP contribution in [0.4, 0.5) is 0 Å². The SMILES string of the molecule is COCc1nc(C(=O)N2CCC(Oc3ncc(C)cn3)CC2)cs1. The van der Waals surface area contributed by atoms with Crippen molar-refractivity contribution in [2.24, 2.45) is 0 Å². The number of hydrogen-bond acceptors (Lipinski definition) is 7. The largest absolute Gasteiger partial charge is 0.460 e. The molecule has 0 spiro atoms. The average molecular weight is 348 g/mol. The van der Waals surface area contributed by atoms with E-state index in [1.807, 2.05) is 11.8 Å². The summed E-state index contributed by atoms with van der Waals surface area (Å²) >= 11 is 1.45. The summed E-state index contributed by atoms with van der Waals surface area (Å²) < 4.78 is 10.8. The first-order chi connectivity index (χ1) is 11.7. The number of methoxy groups -OCH3 is 1. The molecule has 2 aromatic heterocycles. The topological polar surface area (TPSA) is 77.4 Å². The first-order valence-electron chi connectivity index (χ1n) is 7.83. The fraction of sp³-hybridized carbons (Fsp3) is 0.500. The molecular formula is C16H20N4O3S. The number of ether oxygens (including phenoxy) is 2. The first kappa shape index (κ1) is 16.8. The summed E-state index contributed by atoms with van der Waals surface area (Å²) in [6.07, 6.45) is 5.04. The van der Waals surface area contributed by atoms with Crippen molar-refractivity contribution in [3.8, 4) is 6.01 Å². The summed E-state index contributed by atoms with van der Waals surface area (Å²) in [4.78, 5) is 26.9. The molecule has 0 N–H and O–H groups in total. The van der Waals surface area contributed by atoms with E-state index in [4.69, 9.17) is 9.47 Å². The number of piperidine rings is 1. The van der Waals surface area contributed by atoms with Crippen molar-refractivity contribution in [3.05, 3.63) is 34.0 Å². The van der Waals surface area contributed by atoms with Gasteiger partial charge in [-0.05, 0) is 12.5 Å². The van der Waals surface area contributed by atoms with Crippen molar-refractivity contribution in [2.75, 3.05) is 20.2 Å². The monoisotopic (exact) mass is 348 g/mol. The summed E-state index contributed by atoms with van der Waals surface area (Å²) in [5.74, 6) is -0.0290. The van der Waals surface area contributed by atoms with E-state index >= 15 is 0 Å². The second-order valence-corrected chi connectivity index (χ2v) is 6.65. The average Bonchev–Trinajstić information content (AvgIpc) is 3.06. The molecule has 3 rings (SSSR count). The Hall–Kier alpha value is -2.06. The lowest BCUT2D eigenvalue weighted by Crippen LogP contribution is -2.42. The van der Waals surface area contributed by atoms with Gasteiger partial charge in [0.05, 0.1) is 6.61 Å². The molecule has 3 heterocycles. The fourth-order valence-corrected chi connectivity index (χ4v) is 3.27. The van der Waals surface area contributed by atoms with Gasteiger partial charge in [0.2, 0.25) is 0 Å². The molecule has 0 aromatic carbocycles. The predicted molar refractivity (Wildman–Crippen MR) is 89.1 cm³/mol. The van der Waals surface area contributed by atoms with Crippen molar-refractivity contribution in [2.45, 2.75) is 32.5 Å². The van der Waals surface area contributed by atoms with Crippen LogP contribution < -0.4 is 4.74 Å². The molecule has 0 bridgehead atoms. The third kappa shape index (κ3) is 4.07. The van der Waals surface area contributed by atoms with E-state index in [-0.39, 0.29) is 12.0 Å². The van der Waals surface area contributed by atoms with Crippen LogP contribution in [-0.4, -0.2) is 52.1 Å². The quantitative estimate of drug-likeness (QED) is 0.823. The summed E-state index contributed by atoms with van der Waals surface area (Å²) in [6, 6.07) is 0.397. The van der Waals surface area contributed by atoms with E-state index in [1.54, 1.807) is 24.9 Å². The smallest absolute Gasteiger partial charge is 0.316 e. The van der Waals surface area contributed by atoms with Crippen LogP contribution >= 0.6 is 11.3 Å². The molecule has 1 saturated heterocycles. The molecule has 1 amide bonds. The lowest BCUT2D eigenvalue weighted by Gasteiger charge is -2.31. The first-order valence-corrected chi connectivity index (χ1v) is 8.71. The van der Waals surface area contributed by atoms with Crippen LogP contribution in [0.5, 0.6) is 6.01 Å². The van der Waals surface area contributed by atoms with Gasteiger partial charge in [-0.2, -0.15) is 0 Å². The maximum Gasteiger partial charge on any atom is 0.316 e. The standard InChI is InChI=1S/C16H20N4O3S/c1-11-7-17-16(18-8-11)23-12-3-5-20(6-4-12)15(21)13-10-24-14(19-13)9-22-2/h7-8,10,12H,3-6,9H2,1-2H3. The number of aryl methyl sites for hydroxylation is 1. The van der Waals surface area contributed by atoms with E-state index in [9.17, 15) is 4.79 Å². The number of rotatable bonds is 5. The Balaban J connectivity index is 1.52. The molecule has 0 radical (unpaired) electrons. The summed E-state index contributed by atoms with van der Waals surface area (Å²) in [6.45, 7) is 3.66. The van der Waals surface area contributed by atoms with Gasteiger partial charge in [-0.25, -0.2) is 15.0 Å². The lowest BCUT2D eigenvalue weighted by atomic mass is 10.1. The van der Waals surface area contributed by atoms with Gasteiger partial charge in [-0.3, -0.25) is 4.79 Å². The molecule has 1 aliphatic rings. The Labute approximate surface area is 144 Å². The highest BCUT2D eigenvalue weighted by atomic mass is 32.1. The minimum absolute atomic E-state index is 0.0290. The Kier molecular flexibility index (Phi) is 5.37. The molecule has 0 saturated carbocycles. The minimum atomic E-state index is -0.0290. The molecule has 0 atom stereocenters. The van der Waals surface area contributed by atoms with Crippen LogP contribution in [-0.2, 0) is 11.3 Å². The molecule has 8 heteroatoms. The van der Waals surface area contributed by atoms with Gasteiger partial charge in [0.15, 0.2) is 0 Å². The predicted octanol–water partition coefficient (Wildman–Crippen LogP) is 2.07. The fourth-order valence-electron chi connectivity index (χ4n) is 2.53. The number of aromatic nitrogens is 3. The molecule has 1 aliphatic heterocycles. The zero-order chi connectivity index (χ0) is 16.9. The van der Waals surface area contributed by atoms with Crippen LogP contribution in [0.25, 0.3) is 0 Å². The van der Waals surface area contributed by atoms with Crippen LogP contribution in [0, 0.1) is 6.92 Å². The number of thiazole rings is 1. The maximum absolute atomic E-state index is 12.5. The van der Waals surface area contributed by atoms with Crippen LogP contribution in [0.2, 0.25) is 0 Å². The molecule has 0 aliphatic carbocycles.